The van der Waals surface area contributed by atoms with Crippen LogP contribution in [0.4, 0.5) is 11.4 Å². The summed E-state index contributed by atoms with van der Waals surface area (Å²) < 4.78 is 26.8. The van der Waals surface area contributed by atoms with Crippen molar-refractivity contribution in [1.29, 1.82) is 0 Å². The predicted octanol–water partition coefficient (Wildman–Crippen LogP) is 2.33. The minimum absolute atomic E-state index is 0.113. The number of phenolic OH excluding ortho intramolecular Hbond substituents is 1. The Kier molecular flexibility index (Phi) is 6.68. The minimum Gasteiger partial charge on any atom is -0.508 e. The number of carbonyl (C=O) groups excluding carboxylic acids is 1. The molecule has 1 amide bonds. The molecule has 0 spiro atoms. The van der Waals surface area contributed by atoms with Crippen LogP contribution < -0.4 is 10.2 Å². The number of anilines is 2. The molecule has 0 aromatic heterocycles. The van der Waals surface area contributed by atoms with Crippen LogP contribution in [-0.2, 0) is 14.8 Å². The highest BCUT2D eigenvalue weighted by Crippen LogP contribution is 2.23. The number of aromatic hydroxyl groups is 1. The topological polar surface area (TPSA) is 93.2 Å². The molecule has 0 aliphatic carbocycles. The van der Waals surface area contributed by atoms with Crippen molar-refractivity contribution in [2.45, 2.75) is 30.7 Å². The van der Waals surface area contributed by atoms with Crippen molar-refractivity contribution < 1.29 is 18.3 Å². The first-order valence-electron chi connectivity index (χ1n) is 11.0. The molecule has 0 bridgehead atoms. The number of piperazine rings is 1. The second-order valence-electron chi connectivity index (χ2n) is 8.34. The number of sulfonamides is 1. The predicted molar refractivity (Wildman–Crippen MR) is 124 cm³/mol. The number of nitrogens with one attached hydrogen (secondary N) is 1. The number of amides is 1. The number of nitrogens with zero attached hydrogens (tertiary/aromatic N) is 3. The van der Waals surface area contributed by atoms with Crippen LogP contribution in [0.3, 0.4) is 0 Å². The molecular weight excluding hydrogens is 428 g/mol. The zero-order chi connectivity index (χ0) is 22.7. The maximum Gasteiger partial charge on any atom is 0.243 e. The van der Waals surface area contributed by atoms with Gasteiger partial charge in [-0.2, -0.15) is 4.31 Å². The van der Waals surface area contributed by atoms with Gasteiger partial charge in [0, 0.05) is 50.6 Å². The van der Waals surface area contributed by atoms with Gasteiger partial charge < -0.3 is 15.3 Å². The standard InChI is InChI=1S/C23H30N4O4S/c1-18(25-14-16-26(17-15-25)20-6-8-21(28)9-7-20)23(29)24-19-4-10-22(11-5-19)32(30,31)27-12-2-3-13-27/h4-11,18,28H,2-3,12-17H2,1H3,(H,24,29). The average molecular weight is 459 g/mol. The zero-order valence-electron chi connectivity index (χ0n) is 18.3. The quantitative estimate of drug-likeness (QED) is 0.690. The Bertz CT molecular complexity index is 1030. The molecule has 0 radical (unpaired) electrons. The summed E-state index contributed by atoms with van der Waals surface area (Å²) in [7, 11) is -3.45. The number of carbonyl (C=O) groups is 1. The molecule has 2 aliphatic rings. The molecule has 9 heteroatoms. The van der Waals surface area contributed by atoms with E-state index in [1.165, 1.54) is 4.31 Å². The van der Waals surface area contributed by atoms with E-state index in [9.17, 15) is 18.3 Å². The van der Waals surface area contributed by atoms with E-state index in [-0.39, 0.29) is 22.6 Å². The smallest absolute Gasteiger partial charge is 0.243 e. The Morgan fingerprint density at radius 2 is 1.50 bits per heavy atom. The van der Waals surface area contributed by atoms with Crippen molar-refractivity contribution in [2.75, 3.05) is 49.5 Å². The molecule has 2 heterocycles. The van der Waals surface area contributed by atoms with Gasteiger partial charge in [-0.15, -0.1) is 0 Å². The first-order chi connectivity index (χ1) is 15.3. The van der Waals surface area contributed by atoms with Gasteiger partial charge in [-0.05, 0) is 68.3 Å². The number of phenols is 1. The fourth-order valence-corrected chi connectivity index (χ4v) is 5.75. The molecular formula is C23H30N4O4S. The normalized spacial score (nSPS) is 19.1. The number of hydrogen-bond donors (Lipinski definition) is 2. The van der Waals surface area contributed by atoms with Gasteiger partial charge in [0.2, 0.25) is 15.9 Å². The van der Waals surface area contributed by atoms with Crippen molar-refractivity contribution >= 4 is 27.3 Å². The van der Waals surface area contributed by atoms with E-state index in [2.05, 4.69) is 15.1 Å². The summed E-state index contributed by atoms with van der Waals surface area (Å²) in [4.78, 5) is 17.4. The summed E-state index contributed by atoms with van der Waals surface area (Å²) in [6.45, 7) is 6.12. The van der Waals surface area contributed by atoms with Gasteiger partial charge in [-0.1, -0.05) is 0 Å². The SMILES string of the molecule is CC(C(=O)Nc1ccc(S(=O)(=O)N2CCCC2)cc1)N1CCN(c2ccc(O)cc2)CC1. The maximum atomic E-state index is 12.8. The second-order valence-corrected chi connectivity index (χ2v) is 10.3. The van der Waals surface area contributed by atoms with Crippen molar-refractivity contribution in [3.05, 3.63) is 48.5 Å². The Morgan fingerprint density at radius 1 is 0.906 bits per heavy atom. The van der Waals surface area contributed by atoms with E-state index in [0.717, 1.165) is 44.7 Å². The summed E-state index contributed by atoms with van der Waals surface area (Å²) in [5.74, 6) is 0.137. The van der Waals surface area contributed by atoms with Gasteiger partial charge in [0.05, 0.1) is 10.9 Å². The molecule has 2 N–H and O–H groups in total. The molecule has 1 atom stereocenters. The molecule has 4 rings (SSSR count). The third kappa shape index (κ3) is 4.90. The average Bonchev–Trinajstić information content (AvgIpc) is 3.36. The minimum atomic E-state index is -3.45. The van der Waals surface area contributed by atoms with E-state index < -0.39 is 10.0 Å². The molecule has 2 aromatic rings. The molecule has 8 nitrogen and oxygen atoms in total. The lowest BCUT2D eigenvalue weighted by molar-refractivity contribution is -0.120. The fourth-order valence-electron chi connectivity index (χ4n) is 4.23. The first-order valence-corrected chi connectivity index (χ1v) is 12.5. The van der Waals surface area contributed by atoms with Gasteiger partial charge >= 0.3 is 0 Å². The summed E-state index contributed by atoms with van der Waals surface area (Å²) in [5.41, 5.74) is 1.65. The summed E-state index contributed by atoms with van der Waals surface area (Å²) in [6, 6.07) is 13.3. The van der Waals surface area contributed by atoms with E-state index in [1.54, 1.807) is 36.4 Å². The van der Waals surface area contributed by atoms with Crippen LogP contribution in [0.1, 0.15) is 19.8 Å². The highest BCUT2D eigenvalue weighted by Gasteiger charge is 2.28. The lowest BCUT2D eigenvalue weighted by Gasteiger charge is -2.38. The fraction of sp³-hybridized carbons (Fsp3) is 0.435. The van der Waals surface area contributed by atoms with Gasteiger partial charge in [0.25, 0.3) is 0 Å². The molecule has 32 heavy (non-hydrogen) atoms. The molecule has 2 fully saturated rings. The highest BCUT2D eigenvalue weighted by molar-refractivity contribution is 7.89. The Morgan fingerprint density at radius 3 is 2.09 bits per heavy atom. The molecule has 0 saturated carbocycles. The third-order valence-corrected chi connectivity index (χ3v) is 8.19. The van der Waals surface area contributed by atoms with E-state index in [1.807, 2.05) is 19.1 Å². The van der Waals surface area contributed by atoms with Crippen molar-refractivity contribution in [3.63, 3.8) is 0 Å². The molecule has 2 aliphatic heterocycles. The summed E-state index contributed by atoms with van der Waals surface area (Å²) in [5, 5.41) is 12.4. The van der Waals surface area contributed by atoms with Crippen LogP contribution in [0.5, 0.6) is 5.75 Å². The largest absolute Gasteiger partial charge is 0.508 e. The van der Waals surface area contributed by atoms with E-state index >= 15 is 0 Å². The van der Waals surface area contributed by atoms with Crippen LogP contribution in [0.2, 0.25) is 0 Å². The molecule has 172 valence electrons. The van der Waals surface area contributed by atoms with Crippen molar-refractivity contribution in [2.24, 2.45) is 0 Å². The highest BCUT2D eigenvalue weighted by atomic mass is 32.2. The van der Waals surface area contributed by atoms with Crippen molar-refractivity contribution in [1.82, 2.24) is 9.21 Å². The van der Waals surface area contributed by atoms with Crippen LogP contribution in [0.25, 0.3) is 0 Å². The Balaban J connectivity index is 1.31. The van der Waals surface area contributed by atoms with Crippen LogP contribution in [-0.4, -0.2) is 73.9 Å². The third-order valence-electron chi connectivity index (χ3n) is 6.28. The van der Waals surface area contributed by atoms with E-state index in [0.29, 0.717) is 18.8 Å². The van der Waals surface area contributed by atoms with E-state index in [4.69, 9.17) is 0 Å². The number of benzene rings is 2. The number of rotatable bonds is 6. The summed E-state index contributed by atoms with van der Waals surface area (Å²) >= 11 is 0. The van der Waals surface area contributed by atoms with Crippen LogP contribution in [0, 0.1) is 0 Å². The zero-order valence-corrected chi connectivity index (χ0v) is 19.1. The van der Waals surface area contributed by atoms with Crippen LogP contribution >= 0.6 is 0 Å². The monoisotopic (exact) mass is 458 g/mol. The molecule has 1 unspecified atom stereocenters. The van der Waals surface area contributed by atoms with Gasteiger partial charge in [-0.25, -0.2) is 8.42 Å². The van der Waals surface area contributed by atoms with Gasteiger partial charge in [-0.3, -0.25) is 9.69 Å². The van der Waals surface area contributed by atoms with Gasteiger partial charge in [0.1, 0.15) is 5.75 Å². The van der Waals surface area contributed by atoms with Gasteiger partial charge in [0.15, 0.2) is 0 Å². The lowest BCUT2D eigenvalue weighted by atomic mass is 10.2. The second kappa shape index (κ2) is 9.48. The Hall–Kier alpha value is -2.62. The maximum absolute atomic E-state index is 12.8. The Labute approximate surface area is 189 Å². The molecule has 2 aromatic carbocycles. The number of hydrogen-bond acceptors (Lipinski definition) is 6. The summed E-state index contributed by atoms with van der Waals surface area (Å²) in [6.07, 6.45) is 1.79. The molecule has 2 saturated heterocycles. The first kappa shape index (κ1) is 22.6. The lowest BCUT2D eigenvalue weighted by Crippen LogP contribution is -2.52. The van der Waals surface area contributed by atoms with Crippen molar-refractivity contribution in [3.8, 4) is 5.75 Å². The van der Waals surface area contributed by atoms with Crippen LogP contribution in [0.15, 0.2) is 53.4 Å².